The van der Waals surface area contributed by atoms with Crippen molar-refractivity contribution in [1.82, 2.24) is 0 Å². The molecule has 0 radical (unpaired) electrons. The summed E-state index contributed by atoms with van der Waals surface area (Å²) >= 11 is 0. The Morgan fingerprint density at radius 1 is 1.19 bits per heavy atom. The Morgan fingerprint density at radius 3 is 2.38 bits per heavy atom. The third-order valence-corrected chi connectivity index (χ3v) is 4.33. The minimum absolute atomic E-state index is 0.0960. The van der Waals surface area contributed by atoms with Crippen molar-refractivity contribution < 1.29 is 31.7 Å². The second-order valence-electron chi connectivity index (χ2n) is 5.44. The number of rotatable bonds is 6. The molecule has 4 atom stereocenters. The van der Waals surface area contributed by atoms with Gasteiger partial charge in [-0.3, -0.25) is 4.18 Å². The van der Waals surface area contributed by atoms with Crippen LogP contribution in [0.15, 0.2) is 12.2 Å². The number of carbonyl (C=O) groups excluding carboxylic acids is 2. The van der Waals surface area contributed by atoms with Gasteiger partial charge in [0.05, 0.1) is 0 Å². The van der Waals surface area contributed by atoms with Gasteiger partial charge in [0.25, 0.3) is 11.0 Å². The third kappa shape index (κ3) is 3.82. The molecule has 0 heterocycles. The van der Waals surface area contributed by atoms with Gasteiger partial charge in [-0.2, -0.15) is 0 Å². The second-order valence-corrected chi connectivity index (χ2v) is 6.10. The van der Waals surface area contributed by atoms with Gasteiger partial charge in [-0.15, -0.1) is 0 Å². The molecule has 0 aliphatic heterocycles. The van der Waals surface area contributed by atoms with Crippen LogP contribution < -0.4 is 0 Å². The van der Waals surface area contributed by atoms with Crippen LogP contribution >= 0.6 is 0 Å². The molecule has 8 heteroatoms. The maximum atomic E-state index is 11.7. The molecule has 7 nitrogen and oxygen atoms in total. The van der Waals surface area contributed by atoms with Gasteiger partial charge in [0, 0.05) is 5.57 Å². The second kappa shape index (κ2) is 6.57. The molecule has 0 amide bonds. The van der Waals surface area contributed by atoms with E-state index < -0.39 is 41.7 Å². The van der Waals surface area contributed by atoms with E-state index in [1.165, 1.54) is 6.92 Å². The van der Waals surface area contributed by atoms with Crippen LogP contribution in [0.25, 0.3) is 0 Å². The maximum absolute atomic E-state index is 11.7. The number of fused-ring (bicyclic) bond motifs is 2. The van der Waals surface area contributed by atoms with E-state index in [1.807, 2.05) is 0 Å². The molecule has 2 aliphatic carbocycles. The number of thiol groups is 1. The fourth-order valence-electron chi connectivity index (χ4n) is 3.03. The van der Waals surface area contributed by atoms with Crippen LogP contribution in [0.4, 0.5) is 0 Å². The van der Waals surface area contributed by atoms with E-state index in [0.29, 0.717) is 0 Å². The van der Waals surface area contributed by atoms with E-state index in [9.17, 15) is 18.0 Å². The van der Waals surface area contributed by atoms with Gasteiger partial charge >= 0.3 is 11.9 Å². The monoisotopic (exact) mass is 318 g/mol. The van der Waals surface area contributed by atoms with Crippen molar-refractivity contribution in [2.24, 2.45) is 11.8 Å². The minimum Gasteiger partial charge on any atom is -0.457 e. The van der Waals surface area contributed by atoms with Gasteiger partial charge in [-0.25, -0.2) is 18.0 Å². The number of hydrogen-bond donors (Lipinski definition) is 1. The molecular weight excluding hydrogens is 300 g/mol. The quantitative estimate of drug-likeness (QED) is 0.429. The first-order valence-corrected chi connectivity index (χ1v) is 7.81. The molecular formula is C13H18O7S. The largest absolute Gasteiger partial charge is 0.457 e. The van der Waals surface area contributed by atoms with E-state index in [2.05, 4.69) is 6.58 Å². The van der Waals surface area contributed by atoms with E-state index in [4.69, 9.17) is 13.7 Å². The summed E-state index contributed by atoms with van der Waals surface area (Å²) < 4.78 is 36.3. The first-order valence-electron chi connectivity index (χ1n) is 6.71. The predicted octanol–water partition coefficient (Wildman–Crippen LogP) is 0.359. The first-order chi connectivity index (χ1) is 9.88. The fourth-order valence-corrected chi connectivity index (χ4v) is 3.52. The summed E-state index contributed by atoms with van der Waals surface area (Å²) in [6, 6.07) is 0. The van der Waals surface area contributed by atoms with Crippen molar-refractivity contribution in [3.8, 4) is 0 Å². The van der Waals surface area contributed by atoms with Gasteiger partial charge < -0.3 is 9.47 Å². The van der Waals surface area contributed by atoms with Gasteiger partial charge in [-0.05, 0) is 38.0 Å². The van der Waals surface area contributed by atoms with Gasteiger partial charge in [0.2, 0.25) is 0 Å². The minimum atomic E-state index is -2.99. The Kier molecular flexibility index (Phi) is 5.00. The lowest BCUT2D eigenvalue weighted by molar-refractivity contribution is -0.166. The number of hydrogen-bond acceptors (Lipinski definition) is 7. The van der Waals surface area contributed by atoms with Crippen LogP contribution in [0, 0.1) is 11.8 Å². The van der Waals surface area contributed by atoms with Crippen LogP contribution in [0.3, 0.4) is 0 Å². The molecule has 2 fully saturated rings. The van der Waals surface area contributed by atoms with E-state index in [0.717, 1.165) is 19.3 Å². The number of ether oxygens (including phenoxy) is 2. The number of esters is 2. The summed E-state index contributed by atoms with van der Waals surface area (Å²) in [7, 11) is -2.99. The molecule has 2 saturated carbocycles. The van der Waals surface area contributed by atoms with Gasteiger partial charge in [0.15, 0.2) is 6.61 Å². The normalized spacial score (nSPS) is 30.4. The average Bonchev–Trinajstić information content (AvgIpc) is 2.98. The summed E-state index contributed by atoms with van der Waals surface area (Å²) in [6.45, 7) is 4.35. The molecule has 2 aliphatic rings. The maximum Gasteiger partial charge on any atom is 0.344 e. The van der Waals surface area contributed by atoms with Crippen molar-refractivity contribution >= 4 is 22.9 Å². The lowest BCUT2D eigenvalue weighted by atomic mass is 9.95. The summed E-state index contributed by atoms with van der Waals surface area (Å²) in [5.41, 5.74) is 0.187. The molecule has 2 rings (SSSR count). The highest BCUT2D eigenvalue weighted by Gasteiger charge is 2.51. The average molecular weight is 318 g/mol. The zero-order chi connectivity index (χ0) is 15.6. The Labute approximate surface area is 124 Å². The van der Waals surface area contributed by atoms with Gasteiger partial charge in [-0.1, -0.05) is 6.58 Å². The molecule has 0 aromatic carbocycles. The highest BCUT2D eigenvalue weighted by atomic mass is 32.2. The van der Waals surface area contributed by atoms with E-state index in [-0.39, 0.29) is 17.4 Å². The van der Waals surface area contributed by atoms with Crippen molar-refractivity contribution in [1.29, 1.82) is 0 Å². The lowest BCUT2D eigenvalue weighted by Crippen LogP contribution is -2.39. The Bertz CT molecular complexity index is 517. The Balaban J connectivity index is 1.89. The van der Waals surface area contributed by atoms with E-state index >= 15 is 0 Å². The highest BCUT2D eigenvalue weighted by molar-refractivity contribution is 7.67. The fraction of sp³-hybridized carbons (Fsp3) is 0.692. The summed E-state index contributed by atoms with van der Waals surface area (Å²) in [6.07, 6.45) is 1.33. The molecule has 0 spiro atoms. The van der Waals surface area contributed by atoms with Crippen molar-refractivity contribution in [2.45, 2.75) is 38.4 Å². The SMILES string of the molecule is C=C(C)C(=O)OCC(=O)OC1C2CC[C@H](C2)C1O[SH](=O)=O. The summed E-state index contributed by atoms with van der Waals surface area (Å²) in [5, 5.41) is 0. The van der Waals surface area contributed by atoms with Crippen LogP contribution in [0.5, 0.6) is 0 Å². The molecule has 0 aromatic heterocycles. The van der Waals surface area contributed by atoms with Crippen molar-refractivity contribution in [2.75, 3.05) is 6.61 Å². The molecule has 0 N–H and O–H groups in total. The van der Waals surface area contributed by atoms with Crippen LogP contribution in [-0.2, 0) is 34.2 Å². The Hall–Kier alpha value is -1.41. The molecule has 0 saturated heterocycles. The summed E-state index contributed by atoms with van der Waals surface area (Å²) in [4.78, 5) is 22.9. The standard InChI is InChI=1S/C13H18O7S/c1-7(2)13(15)18-6-10(14)19-11-8-3-4-9(5-8)12(11)20-21(16)17/h8-9,11-12,21H,1,3-6H2,2H3/t8?,9-,11?,12?/m1/s1. The van der Waals surface area contributed by atoms with Crippen molar-refractivity contribution in [3.63, 3.8) is 0 Å². The zero-order valence-electron chi connectivity index (χ0n) is 11.6. The van der Waals surface area contributed by atoms with E-state index in [1.54, 1.807) is 0 Å². The number of carbonyl (C=O) groups is 2. The first kappa shape index (κ1) is 16.0. The zero-order valence-corrected chi connectivity index (χ0v) is 12.5. The molecule has 21 heavy (non-hydrogen) atoms. The smallest absolute Gasteiger partial charge is 0.344 e. The van der Waals surface area contributed by atoms with Gasteiger partial charge in [0.1, 0.15) is 12.2 Å². The summed E-state index contributed by atoms with van der Waals surface area (Å²) in [5.74, 6) is -1.18. The Morgan fingerprint density at radius 2 is 1.81 bits per heavy atom. The van der Waals surface area contributed by atoms with Crippen molar-refractivity contribution in [3.05, 3.63) is 12.2 Å². The molecule has 118 valence electrons. The van der Waals surface area contributed by atoms with Crippen LogP contribution in [0.2, 0.25) is 0 Å². The highest BCUT2D eigenvalue weighted by Crippen LogP contribution is 2.47. The van der Waals surface area contributed by atoms with Crippen LogP contribution in [0.1, 0.15) is 26.2 Å². The third-order valence-electron chi connectivity index (χ3n) is 3.91. The molecule has 0 aromatic rings. The predicted molar refractivity (Wildman–Crippen MR) is 71.7 cm³/mol. The lowest BCUT2D eigenvalue weighted by Gasteiger charge is -2.28. The molecule has 3 unspecified atom stereocenters. The molecule has 2 bridgehead atoms. The topological polar surface area (TPSA) is 96.0 Å². The van der Waals surface area contributed by atoms with Crippen LogP contribution in [-0.4, -0.2) is 39.2 Å².